The second-order valence-electron chi connectivity index (χ2n) is 2.62. The average Bonchev–Trinajstić information content (AvgIpc) is 1.88. The molecule has 0 saturated carbocycles. The molecule has 0 spiro atoms. The van der Waals surface area contributed by atoms with Gasteiger partial charge >= 0.3 is 38.2 Å². The normalized spacial score (nSPS) is 19.9. The van der Waals surface area contributed by atoms with E-state index in [4.69, 9.17) is 14.0 Å². The van der Waals surface area contributed by atoms with Crippen molar-refractivity contribution in [1.29, 1.82) is 0 Å². The van der Waals surface area contributed by atoms with Crippen LogP contribution in [-0.2, 0) is 4.21 Å². The molecule has 0 aromatic heterocycles. The Balaban J connectivity index is 0. The average molecular weight is 204 g/mol. The van der Waals surface area contributed by atoms with Crippen LogP contribution in [-0.4, -0.2) is 18.8 Å². The zero-order valence-electron chi connectivity index (χ0n) is 7.86. The molecular weight excluding hydrogens is 190 g/mol. The van der Waals surface area contributed by atoms with E-state index in [9.17, 15) is 0 Å². The Morgan fingerprint density at radius 2 is 1.73 bits per heavy atom. The summed E-state index contributed by atoms with van der Waals surface area (Å²) in [5.41, 5.74) is 0. The van der Waals surface area contributed by atoms with Crippen LogP contribution in [0, 0.1) is 0 Å². The molecule has 3 nitrogen and oxygen atoms in total. The van der Waals surface area contributed by atoms with Gasteiger partial charge in [-0.15, -0.1) is 0 Å². The third-order valence-electron chi connectivity index (χ3n) is 1.80. The Bertz CT molecular complexity index is 105. The van der Waals surface area contributed by atoms with Crippen LogP contribution in [0.2, 0.25) is 12.1 Å². The predicted octanol–water partition coefficient (Wildman–Crippen LogP) is -1.76. The molecule has 0 atom stereocenters. The van der Waals surface area contributed by atoms with Gasteiger partial charge in [0.1, 0.15) is 0 Å². The van der Waals surface area contributed by atoms with Gasteiger partial charge in [-0.3, -0.25) is 0 Å². The fourth-order valence-electron chi connectivity index (χ4n) is 1.30. The van der Waals surface area contributed by atoms with Gasteiger partial charge in [-0.25, -0.2) is 0 Å². The molecule has 0 aliphatic carbocycles. The fourth-order valence-corrected chi connectivity index (χ4v) is 4.99. The van der Waals surface area contributed by atoms with Gasteiger partial charge in [-0.05, 0) is 12.1 Å². The molecule has 2 N–H and O–H groups in total. The third-order valence-corrected chi connectivity index (χ3v) is 5.85. The van der Waals surface area contributed by atoms with Crippen molar-refractivity contribution in [2.24, 2.45) is 0 Å². The van der Waals surface area contributed by atoms with Crippen LogP contribution in [0.1, 0.15) is 20.7 Å². The zero-order valence-corrected chi connectivity index (χ0v) is 10.9. The third kappa shape index (κ3) is 5.72. The topological polar surface area (TPSA) is 49.7 Å². The Labute approximate surface area is 93.7 Å². The van der Waals surface area contributed by atoms with Crippen LogP contribution in [0.15, 0.2) is 0 Å². The fraction of sp³-hybridized carbons (Fsp3) is 1.00. The van der Waals surface area contributed by atoms with Crippen LogP contribution in [0.5, 0.6) is 0 Å². The molecule has 0 radical (unpaired) electrons. The van der Waals surface area contributed by atoms with E-state index in [-0.39, 0.29) is 31.0 Å². The molecule has 6 heteroatoms. The van der Waals surface area contributed by atoms with E-state index >= 15 is 0 Å². The summed E-state index contributed by atoms with van der Waals surface area (Å²) in [5, 5.41) is 0. The summed E-state index contributed by atoms with van der Waals surface area (Å²) in [5.74, 6) is 0. The Morgan fingerprint density at radius 3 is 2.18 bits per heavy atom. The maximum absolute atomic E-state index is 8.54. The van der Waals surface area contributed by atoms with Crippen LogP contribution >= 0.6 is 8.60 Å². The molecule has 1 aliphatic heterocycles. The molecular formula is C5H14NaO3PSi. The van der Waals surface area contributed by atoms with Gasteiger partial charge in [0.15, 0.2) is 9.04 Å². The van der Waals surface area contributed by atoms with Crippen molar-refractivity contribution in [2.45, 2.75) is 31.4 Å². The minimum atomic E-state index is -2.06. The molecule has 1 aliphatic rings. The molecule has 0 bridgehead atoms. The molecule has 0 aromatic rings. The van der Waals surface area contributed by atoms with Crippen LogP contribution in [0.25, 0.3) is 0 Å². The van der Waals surface area contributed by atoms with Gasteiger partial charge < -0.3 is 15.4 Å². The molecule has 62 valence electrons. The van der Waals surface area contributed by atoms with Gasteiger partial charge in [0.25, 0.3) is 0 Å². The Hall–Kier alpha value is 1.53. The van der Waals surface area contributed by atoms with E-state index in [1.807, 2.05) is 0 Å². The van der Waals surface area contributed by atoms with Gasteiger partial charge in [0.2, 0.25) is 0 Å². The van der Waals surface area contributed by atoms with Gasteiger partial charge in [0.05, 0.1) is 0 Å². The number of hydrogen-bond donors (Lipinski definition) is 2. The summed E-state index contributed by atoms with van der Waals surface area (Å²) < 4.78 is 5.01. The summed E-state index contributed by atoms with van der Waals surface area (Å²) in [4.78, 5) is 17.1. The molecule has 1 heterocycles. The van der Waals surface area contributed by atoms with E-state index in [1.54, 1.807) is 0 Å². The van der Waals surface area contributed by atoms with Crippen molar-refractivity contribution in [2.75, 3.05) is 0 Å². The largest absolute Gasteiger partial charge is 1.00 e. The molecule has 1 saturated heterocycles. The molecule has 1 rings (SSSR count). The first kappa shape index (κ1) is 12.5. The maximum Gasteiger partial charge on any atom is 1.00 e. The molecule has 0 unspecified atom stereocenters. The van der Waals surface area contributed by atoms with Gasteiger partial charge in [-0.1, -0.05) is 19.3 Å². The monoisotopic (exact) mass is 204 g/mol. The van der Waals surface area contributed by atoms with E-state index in [2.05, 4.69) is 0 Å². The summed E-state index contributed by atoms with van der Waals surface area (Å²) >= 11 is 0. The molecule has 0 aromatic carbocycles. The number of rotatable bonds is 2. The Morgan fingerprint density at radius 1 is 1.18 bits per heavy atom. The molecule has 0 amide bonds. The van der Waals surface area contributed by atoms with Crippen LogP contribution in [0.4, 0.5) is 0 Å². The van der Waals surface area contributed by atoms with Crippen molar-refractivity contribution >= 4 is 17.6 Å². The summed E-state index contributed by atoms with van der Waals surface area (Å²) in [6.45, 7) is 0. The van der Waals surface area contributed by atoms with Crippen molar-refractivity contribution in [3.05, 3.63) is 0 Å². The zero-order chi connectivity index (χ0) is 7.40. The predicted molar refractivity (Wildman–Crippen MR) is 44.2 cm³/mol. The smallest absolute Gasteiger partial charge is 1.00 e. The van der Waals surface area contributed by atoms with E-state index < -0.39 is 17.6 Å². The van der Waals surface area contributed by atoms with Gasteiger partial charge in [0, 0.05) is 0 Å². The Kier molecular flexibility index (Phi) is 7.95. The van der Waals surface area contributed by atoms with E-state index in [0.717, 1.165) is 12.1 Å². The molecule has 11 heavy (non-hydrogen) atoms. The van der Waals surface area contributed by atoms with E-state index in [1.165, 1.54) is 19.3 Å². The van der Waals surface area contributed by atoms with Crippen LogP contribution < -0.4 is 29.6 Å². The minimum Gasteiger partial charge on any atom is -1.00 e. The first-order chi connectivity index (χ1) is 4.79. The van der Waals surface area contributed by atoms with Crippen molar-refractivity contribution in [3.8, 4) is 0 Å². The standard InChI is InChI=1S/C5H13O3PSi.Na.H/c6-9(7)8-10-4-2-1-3-5-10;;/h6-7,10H,1-5H2;;/q;+1;-1. The maximum atomic E-state index is 8.54. The quantitative estimate of drug-likeness (QED) is 0.414. The minimum absolute atomic E-state index is 0. The summed E-state index contributed by atoms with van der Waals surface area (Å²) in [6, 6.07) is 2.25. The van der Waals surface area contributed by atoms with Crippen molar-refractivity contribution in [1.82, 2.24) is 0 Å². The first-order valence-electron chi connectivity index (χ1n) is 3.63. The summed E-state index contributed by atoms with van der Waals surface area (Å²) in [6.07, 6.45) is 3.74. The van der Waals surface area contributed by atoms with Gasteiger partial charge in [-0.2, -0.15) is 0 Å². The van der Waals surface area contributed by atoms with Crippen molar-refractivity contribution in [3.63, 3.8) is 0 Å². The first-order valence-corrected chi connectivity index (χ1v) is 6.90. The second kappa shape index (κ2) is 6.98. The van der Waals surface area contributed by atoms with E-state index in [0.29, 0.717) is 0 Å². The molecule has 1 fully saturated rings. The summed E-state index contributed by atoms with van der Waals surface area (Å²) in [7, 11) is -3.22. The number of hydrogen-bond acceptors (Lipinski definition) is 3. The SMILES string of the molecule is OP(O)O[SiH]1CCCCC1.[H-].[Na+]. The van der Waals surface area contributed by atoms with Crippen molar-refractivity contribution < 1.29 is 45.0 Å². The second-order valence-corrected chi connectivity index (χ2v) is 6.37. The van der Waals surface area contributed by atoms with Crippen LogP contribution in [0.3, 0.4) is 0 Å².